The van der Waals surface area contributed by atoms with Gasteiger partial charge in [0.15, 0.2) is 0 Å². The molecule has 27 heavy (non-hydrogen) atoms. The largest absolute Gasteiger partial charge is 0.363 e. The summed E-state index contributed by atoms with van der Waals surface area (Å²) < 4.78 is 13.8. The van der Waals surface area contributed by atoms with Crippen LogP contribution in [-0.4, -0.2) is 40.5 Å². The molecule has 1 amide bonds. The van der Waals surface area contributed by atoms with Gasteiger partial charge in [-0.05, 0) is 62.9 Å². The molecule has 2 fully saturated rings. The van der Waals surface area contributed by atoms with Gasteiger partial charge in [-0.2, -0.15) is 0 Å². The van der Waals surface area contributed by atoms with Gasteiger partial charge in [0, 0.05) is 42.2 Å². The number of pyridine rings is 1. The first kappa shape index (κ1) is 18.0. The minimum absolute atomic E-state index is 0.0524. The average Bonchev–Trinajstić information content (AvgIpc) is 2.91. The molecule has 3 heterocycles. The lowest BCUT2D eigenvalue weighted by Crippen LogP contribution is -2.50. The number of benzene rings is 1. The van der Waals surface area contributed by atoms with Crippen LogP contribution in [0.25, 0.3) is 0 Å². The molecule has 0 aliphatic carbocycles. The Morgan fingerprint density at radius 3 is 2.85 bits per heavy atom. The predicted octanol–water partition coefficient (Wildman–Crippen LogP) is 3.67. The molecule has 0 unspecified atom stereocenters. The molecule has 0 saturated carbocycles. The van der Waals surface area contributed by atoms with Crippen LogP contribution >= 0.6 is 0 Å². The van der Waals surface area contributed by atoms with Crippen molar-refractivity contribution >= 4 is 11.6 Å². The summed E-state index contributed by atoms with van der Waals surface area (Å²) in [6, 6.07) is 12.9. The molecule has 0 N–H and O–H groups in total. The number of amides is 1. The maximum Gasteiger partial charge on any atom is 0.228 e. The first-order valence-electron chi connectivity index (χ1n) is 9.67. The summed E-state index contributed by atoms with van der Waals surface area (Å²) in [5, 5.41) is 0. The summed E-state index contributed by atoms with van der Waals surface area (Å²) in [5.74, 6) is 0.355. The Kier molecular flexibility index (Phi) is 4.62. The monoisotopic (exact) mass is 367 g/mol. The molecule has 4 nitrogen and oxygen atoms in total. The fraction of sp³-hybridized carbons (Fsp3) is 0.455. The van der Waals surface area contributed by atoms with Crippen LogP contribution in [0.15, 0.2) is 48.7 Å². The van der Waals surface area contributed by atoms with Gasteiger partial charge in [-0.1, -0.05) is 12.1 Å². The Labute approximate surface area is 160 Å². The van der Waals surface area contributed by atoms with Crippen molar-refractivity contribution < 1.29 is 9.18 Å². The van der Waals surface area contributed by atoms with Crippen LogP contribution < -0.4 is 4.90 Å². The second-order valence-corrected chi connectivity index (χ2v) is 8.32. The Bertz CT molecular complexity index is 823. The molecular weight excluding hydrogens is 341 g/mol. The van der Waals surface area contributed by atoms with Crippen LogP contribution in [0.4, 0.5) is 10.1 Å². The highest BCUT2D eigenvalue weighted by atomic mass is 19.1. The number of hydrogen-bond donors (Lipinski definition) is 0. The molecule has 4 rings (SSSR count). The van der Waals surface area contributed by atoms with E-state index in [1.54, 1.807) is 18.3 Å². The highest BCUT2D eigenvalue weighted by molar-refractivity contribution is 5.78. The quantitative estimate of drug-likeness (QED) is 0.831. The minimum Gasteiger partial charge on any atom is -0.363 e. The van der Waals surface area contributed by atoms with E-state index in [1.165, 1.54) is 6.07 Å². The van der Waals surface area contributed by atoms with Crippen molar-refractivity contribution in [1.82, 2.24) is 9.88 Å². The fourth-order valence-electron chi connectivity index (χ4n) is 4.91. The van der Waals surface area contributed by atoms with E-state index in [-0.39, 0.29) is 17.3 Å². The lowest BCUT2D eigenvalue weighted by atomic mass is 9.89. The van der Waals surface area contributed by atoms with Crippen LogP contribution in [0.5, 0.6) is 0 Å². The Morgan fingerprint density at radius 1 is 1.26 bits per heavy atom. The number of rotatable bonds is 3. The van der Waals surface area contributed by atoms with Crippen molar-refractivity contribution in [3.63, 3.8) is 0 Å². The molecule has 5 heteroatoms. The van der Waals surface area contributed by atoms with E-state index >= 15 is 0 Å². The number of piperidine rings is 1. The van der Waals surface area contributed by atoms with Crippen molar-refractivity contribution in [3.05, 3.63) is 60.2 Å². The van der Waals surface area contributed by atoms with Gasteiger partial charge >= 0.3 is 0 Å². The minimum atomic E-state index is -0.199. The molecule has 2 saturated heterocycles. The van der Waals surface area contributed by atoms with E-state index in [0.29, 0.717) is 18.4 Å². The van der Waals surface area contributed by atoms with Crippen molar-refractivity contribution in [1.29, 1.82) is 0 Å². The standard InChI is InChI=1S/C22H26FN3O/c1-22(2)14-16-15-25(21(27)13-18-7-3-4-10-24-18)11-9-20(16)26(22)19-8-5-6-17(23)12-19/h3-8,10,12,16,20H,9,11,13-15H2,1-2H3/t16-,20+/m1/s1. The number of likely N-dealkylation sites (tertiary alicyclic amines) is 1. The van der Waals surface area contributed by atoms with Crippen LogP contribution in [0.1, 0.15) is 32.4 Å². The normalized spacial score (nSPS) is 24.0. The first-order chi connectivity index (χ1) is 12.9. The lowest BCUT2D eigenvalue weighted by Gasteiger charge is -2.42. The van der Waals surface area contributed by atoms with Crippen molar-refractivity contribution in [3.8, 4) is 0 Å². The van der Waals surface area contributed by atoms with Gasteiger partial charge in [0.05, 0.1) is 6.42 Å². The Morgan fingerprint density at radius 2 is 2.11 bits per heavy atom. The van der Waals surface area contributed by atoms with Gasteiger partial charge in [0.2, 0.25) is 5.91 Å². The lowest BCUT2D eigenvalue weighted by molar-refractivity contribution is -0.132. The predicted molar refractivity (Wildman–Crippen MR) is 104 cm³/mol. The first-order valence-corrected chi connectivity index (χ1v) is 9.67. The van der Waals surface area contributed by atoms with Gasteiger partial charge < -0.3 is 9.80 Å². The summed E-state index contributed by atoms with van der Waals surface area (Å²) in [7, 11) is 0. The third-order valence-electron chi connectivity index (χ3n) is 5.94. The second-order valence-electron chi connectivity index (χ2n) is 8.32. The van der Waals surface area contributed by atoms with E-state index in [1.807, 2.05) is 29.2 Å². The van der Waals surface area contributed by atoms with E-state index < -0.39 is 0 Å². The number of halogens is 1. The Balaban J connectivity index is 1.49. The number of hydrogen-bond acceptors (Lipinski definition) is 3. The molecule has 0 radical (unpaired) electrons. The molecule has 0 spiro atoms. The van der Waals surface area contributed by atoms with Crippen molar-refractivity contribution in [2.45, 2.75) is 44.7 Å². The molecule has 2 aliphatic rings. The zero-order chi connectivity index (χ0) is 19.0. The molecule has 142 valence electrons. The molecule has 1 aromatic heterocycles. The number of aromatic nitrogens is 1. The maximum absolute atomic E-state index is 13.8. The molecular formula is C22H26FN3O. The number of anilines is 1. The van der Waals surface area contributed by atoms with E-state index in [4.69, 9.17) is 0 Å². The summed E-state index contributed by atoms with van der Waals surface area (Å²) >= 11 is 0. The number of carbonyl (C=O) groups is 1. The van der Waals surface area contributed by atoms with Crippen LogP contribution in [-0.2, 0) is 11.2 Å². The molecule has 0 bridgehead atoms. The average molecular weight is 367 g/mol. The smallest absolute Gasteiger partial charge is 0.228 e. The fourth-order valence-corrected chi connectivity index (χ4v) is 4.91. The van der Waals surface area contributed by atoms with E-state index in [0.717, 1.165) is 37.3 Å². The number of fused-ring (bicyclic) bond motifs is 1. The maximum atomic E-state index is 13.8. The topological polar surface area (TPSA) is 36.4 Å². The van der Waals surface area contributed by atoms with Crippen molar-refractivity contribution in [2.24, 2.45) is 5.92 Å². The third-order valence-corrected chi connectivity index (χ3v) is 5.94. The summed E-state index contributed by atoms with van der Waals surface area (Å²) in [4.78, 5) is 21.4. The number of carbonyl (C=O) groups excluding carboxylic acids is 1. The van der Waals surface area contributed by atoms with Crippen LogP contribution in [0.3, 0.4) is 0 Å². The second kappa shape index (κ2) is 6.95. The molecule has 2 aromatic rings. The Hall–Kier alpha value is -2.43. The summed E-state index contributed by atoms with van der Waals surface area (Å²) in [6.45, 7) is 5.95. The van der Waals surface area contributed by atoms with E-state index in [2.05, 4.69) is 23.7 Å². The van der Waals surface area contributed by atoms with Gasteiger partial charge in [0.25, 0.3) is 0 Å². The molecule has 2 aliphatic heterocycles. The van der Waals surface area contributed by atoms with E-state index in [9.17, 15) is 9.18 Å². The van der Waals surface area contributed by atoms with Crippen LogP contribution in [0, 0.1) is 11.7 Å². The van der Waals surface area contributed by atoms with Gasteiger partial charge in [-0.15, -0.1) is 0 Å². The van der Waals surface area contributed by atoms with Gasteiger partial charge in [0.1, 0.15) is 5.82 Å². The highest BCUT2D eigenvalue weighted by Gasteiger charge is 2.48. The number of nitrogens with zero attached hydrogens (tertiary/aromatic N) is 3. The van der Waals surface area contributed by atoms with Crippen molar-refractivity contribution in [2.75, 3.05) is 18.0 Å². The van der Waals surface area contributed by atoms with Gasteiger partial charge in [-0.25, -0.2) is 4.39 Å². The third kappa shape index (κ3) is 3.55. The SMILES string of the molecule is CC1(C)C[C@@H]2CN(C(=O)Cc3ccccn3)CC[C@@H]2N1c1cccc(F)c1. The molecule has 2 atom stereocenters. The summed E-state index contributed by atoms with van der Waals surface area (Å²) in [5.41, 5.74) is 1.71. The summed E-state index contributed by atoms with van der Waals surface area (Å²) in [6.07, 6.45) is 4.00. The highest BCUT2D eigenvalue weighted by Crippen LogP contribution is 2.44. The zero-order valence-corrected chi connectivity index (χ0v) is 15.9. The van der Waals surface area contributed by atoms with Crippen LogP contribution in [0.2, 0.25) is 0 Å². The zero-order valence-electron chi connectivity index (χ0n) is 15.9. The van der Waals surface area contributed by atoms with Gasteiger partial charge in [-0.3, -0.25) is 9.78 Å². The molecule has 1 aromatic carbocycles.